The average Bonchev–Trinajstić information content (AvgIpc) is 2.73. The molecule has 3 rings (SSSR count). The van der Waals surface area contributed by atoms with Crippen LogP contribution in [-0.4, -0.2) is 46.6 Å². The molecule has 1 aromatic heterocycles. The summed E-state index contributed by atoms with van der Waals surface area (Å²) < 4.78 is 0. The number of fused-ring (bicyclic) bond motifs is 1. The van der Waals surface area contributed by atoms with Crippen molar-refractivity contribution in [2.75, 3.05) is 19.6 Å². The average molecular weight is 234 g/mol. The molecule has 3 heterocycles. The molecule has 0 aliphatic carbocycles. The van der Waals surface area contributed by atoms with Crippen LogP contribution in [0.4, 0.5) is 0 Å². The Bertz CT molecular complexity index is 335. The maximum atomic E-state index is 4.09. The summed E-state index contributed by atoms with van der Waals surface area (Å²) in [6, 6.07) is 1.38. The Kier molecular flexibility index (Phi) is 3.43. The molecule has 0 aromatic carbocycles. The van der Waals surface area contributed by atoms with Gasteiger partial charge in [-0.05, 0) is 19.4 Å². The molecule has 2 aliphatic heterocycles. The summed E-state index contributed by atoms with van der Waals surface area (Å²) in [5.74, 6) is 0. The number of nitrogens with zero attached hydrogens (tertiary/aromatic N) is 2. The Morgan fingerprint density at radius 3 is 3.24 bits per heavy atom. The van der Waals surface area contributed by atoms with Crippen molar-refractivity contribution in [3.63, 3.8) is 0 Å². The highest BCUT2D eigenvalue weighted by Gasteiger charge is 2.28. The van der Waals surface area contributed by atoms with E-state index in [4.69, 9.17) is 0 Å². The molecule has 2 fully saturated rings. The largest absolute Gasteiger partial charge is 0.348 e. The lowest BCUT2D eigenvalue weighted by Crippen LogP contribution is -2.56. The smallest absolute Gasteiger partial charge is 0.0921 e. The summed E-state index contributed by atoms with van der Waals surface area (Å²) >= 11 is 0. The summed E-state index contributed by atoms with van der Waals surface area (Å²) in [6.45, 7) is 3.66. The zero-order valence-corrected chi connectivity index (χ0v) is 10.4. The number of aromatic amines is 1. The lowest BCUT2D eigenvalue weighted by molar-refractivity contribution is 0.132. The third kappa shape index (κ3) is 2.69. The standard InChI is InChI=1S/C13H22N4/c1-2-4-13-8-15-12(9-17(13)5-3-1)6-11-7-14-10-16-11/h7,10,12-13,15H,1-6,8-9H2,(H,14,16)/t12-,13?/m0/s1. The van der Waals surface area contributed by atoms with Crippen molar-refractivity contribution in [1.82, 2.24) is 20.2 Å². The summed E-state index contributed by atoms with van der Waals surface area (Å²) in [5, 5.41) is 3.69. The Labute approximate surface area is 103 Å². The number of hydrogen-bond donors (Lipinski definition) is 2. The first-order valence-corrected chi connectivity index (χ1v) is 6.86. The van der Waals surface area contributed by atoms with Crippen LogP contribution < -0.4 is 5.32 Å². The van der Waals surface area contributed by atoms with Crippen molar-refractivity contribution < 1.29 is 0 Å². The van der Waals surface area contributed by atoms with Gasteiger partial charge in [-0.25, -0.2) is 4.98 Å². The van der Waals surface area contributed by atoms with E-state index < -0.39 is 0 Å². The van der Waals surface area contributed by atoms with E-state index in [9.17, 15) is 0 Å². The van der Waals surface area contributed by atoms with Gasteiger partial charge in [0.2, 0.25) is 0 Å². The van der Waals surface area contributed by atoms with E-state index in [-0.39, 0.29) is 0 Å². The van der Waals surface area contributed by atoms with Crippen LogP contribution in [0.25, 0.3) is 0 Å². The van der Waals surface area contributed by atoms with Crippen LogP contribution in [0.1, 0.15) is 31.4 Å². The lowest BCUT2D eigenvalue weighted by atomic mass is 10.0. The molecule has 2 saturated heterocycles. The fourth-order valence-corrected chi connectivity index (χ4v) is 3.16. The first-order chi connectivity index (χ1) is 8.42. The van der Waals surface area contributed by atoms with Crippen LogP contribution in [0.5, 0.6) is 0 Å². The van der Waals surface area contributed by atoms with Gasteiger partial charge in [-0.3, -0.25) is 4.90 Å². The zero-order valence-electron chi connectivity index (χ0n) is 10.4. The van der Waals surface area contributed by atoms with Crippen molar-refractivity contribution >= 4 is 0 Å². The number of imidazole rings is 1. The minimum atomic E-state index is 0.588. The number of rotatable bonds is 2. The fourth-order valence-electron chi connectivity index (χ4n) is 3.16. The van der Waals surface area contributed by atoms with Gasteiger partial charge in [0.1, 0.15) is 0 Å². The van der Waals surface area contributed by atoms with Crippen molar-refractivity contribution in [3.8, 4) is 0 Å². The number of aromatic nitrogens is 2. The zero-order chi connectivity index (χ0) is 11.5. The molecule has 0 bridgehead atoms. The number of hydrogen-bond acceptors (Lipinski definition) is 3. The fraction of sp³-hybridized carbons (Fsp3) is 0.769. The molecule has 0 amide bonds. The van der Waals surface area contributed by atoms with Crippen LogP contribution in [0, 0.1) is 0 Å². The van der Waals surface area contributed by atoms with Crippen molar-refractivity contribution in [3.05, 3.63) is 18.2 Å². The number of piperazine rings is 1. The Hall–Kier alpha value is -0.870. The van der Waals surface area contributed by atoms with Gasteiger partial charge >= 0.3 is 0 Å². The maximum Gasteiger partial charge on any atom is 0.0921 e. The predicted octanol–water partition coefficient (Wildman–Crippen LogP) is 1.17. The van der Waals surface area contributed by atoms with E-state index in [0.29, 0.717) is 6.04 Å². The monoisotopic (exact) mass is 234 g/mol. The molecule has 0 spiro atoms. The Balaban J connectivity index is 1.58. The molecule has 2 N–H and O–H groups in total. The van der Waals surface area contributed by atoms with Crippen LogP contribution >= 0.6 is 0 Å². The first-order valence-electron chi connectivity index (χ1n) is 6.86. The van der Waals surface area contributed by atoms with Gasteiger partial charge in [0.15, 0.2) is 0 Å². The molecule has 2 aliphatic rings. The molecule has 2 atom stereocenters. The third-order valence-electron chi connectivity index (χ3n) is 4.12. The second kappa shape index (κ2) is 5.19. The summed E-state index contributed by atoms with van der Waals surface area (Å²) in [7, 11) is 0. The topological polar surface area (TPSA) is 44.0 Å². The van der Waals surface area contributed by atoms with Gasteiger partial charge in [-0.2, -0.15) is 0 Å². The second-order valence-corrected chi connectivity index (χ2v) is 5.38. The van der Waals surface area contributed by atoms with Gasteiger partial charge in [0.05, 0.1) is 6.33 Å². The van der Waals surface area contributed by atoms with E-state index in [1.807, 2.05) is 6.20 Å². The number of nitrogens with one attached hydrogen (secondary N) is 2. The lowest BCUT2D eigenvalue weighted by Gasteiger charge is -2.39. The molecule has 1 aromatic rings. The molecule has 0 radical (unpaired) electrons. The number of H-pyrrole nitrogens is 1. The van der Waals surface area contributed by atoms with Crippen LogP contribution in [0.3, 0.4) is 0 Å². The van der Waals surface area contributed by atoms with E-state index in [1.54, 1.807) is 6.33 Å². The Morgan fingerprint density at radius 1 is 1.35 bits per heavy atom. The maximum absolute atomic E-state index is 4.09. The summed E-state index contributed by atoms with van der Waals surface area (Å²) in [6.07, 6.45) is 10.4. The summed E-state index contributed by atoms with van der Waals surface area (Å²) in [4.78, 5) is 9.99. The van der Waals surface area contributed by atoms with Crippen molar-refractivity contribution in [2.45, 2.75) is 44.2 Å². The van der Waals surface area contributed by atoms with Gasteiger partial charge in [0, 0.05) is 43.5 Å². The molecule has 17 heavy (non-hydrogen) atoms. The normalized spacial score (nSPS) is 30.8. The Morgan fingerprint density at radius 2 is 2.35 bits per heavy atom. The first kappa shape index (κ1) is 11.2. The van der Waals surface area contributed by atoms with E-state index in [0.717, 1.165) is 12.5 Å². The van der Waals surface area contributed by atoms with Crippen LogP contribution in [0.15, 0.2) is 12.5 Å². The highest BCUT2D eigenvalue weighted by atomic mass is 15.2. The van der Waals surface area contributed by atoms with Gasteiger partial charge in [-0.1, -0.05) is 12.8 Å². The predicted molar refractivity (Wildman–Crippen MR) is 67.9 cm³/mol. The SMILES string of the molecule is c1ncc(C[C@H]2CN3CCCCCC3CN2)[nH]1. The molecule has 4 nitrogen and oxygen atoms in total. The minimum Gasteiger partial charge on any atom is -0.348 e. The molecule has 0 saturated carbocycles. The van der Waals surface area contributed by atoms with Gasteiger partial charge < -0.3 is 10.3 Å². The minimum absolute atomic E-state index is 0.588. The van der Waals surface area contributed by atoms with Crippen molar-refractivity contribution in [2.24, 2.45) is 0 Å². The van der Waals surface area contributed by atoms with Crippen LogP contribution in [0.2, 0.25) is 0 Å². The second-order valence-electron chi connectivity index (χ2n) is 5.38. The van der Waals surface area contributed by atoms with E-state index in [2.05, 4.69) is 20.2 Å². The summed E-state index contributed by atoms with van der Waals surface area (Å²) in [5.41, 5.74) is 1.25. The van der Waals surface area contributed by atoms with E-state index >= 15 is 0 Å². The molecule has 1 unspecified atom stereocenters. The molecular formula is C13H22N4. The quantitative estimate of drug-likeness (QED) is 0.807. The van der Waals surface area contributed by atoms with E-state index in [1.165, 1.54) is 51.0 Å². The van der Waals surface area contributed by atoms with Gasteiger partial charge in [0.25, 0.3) is 0 Å². The molecule has 94 valence electrons. The third-order valence-corrected chi connectivity index (χ3v) is 4.12. The molecular weight excluding hydrogens is 212 g/mol. The van der Waals surface area contributed by atoms with Gasteiger partial charge in [-0.15, -0.1) is 0 Å². The highest BCUT2D eigenvalue weighted by Crippen LogP contribution is 2.20. The highest BCUT2D eigenvalue weighted by molar-refractivity contribution is 5.00. The van der Waals surface area contributed by atoms with Crippen molar-refractivity contribution in [1.29, 1.82) is 0 Å². The van der Waals surface area contributed by atoms with Crippen LogP contribution in [-0.2, 0) is 6.42 Å². The molecule has 4 heteroatoms.